The Balaban J connectivity index is 1.95. The van der Waals surface area contributed by atoms with E-state index >= 15 is 0 Å². The fourth-order valence-electron chi connectivity index (χ4n) is 2.78. The van der Waals surface area contributed by atoms with Gasteiger partial charge in [-0.05, 0) is 18.8 Å². The SMILES string of the molecule is CCCC(C)CS(=O)(=O)N1CCCN(c2nccs2)CC1. The minimum atomic E-state index is -3.13. The molecule has 1 atom stereocenters. The molecule has 0 bridgehead atoms. The Bertz CT molecular complexity index is 516. The first kappa shape index (κ1) is 16.7. The van der Waals surface area contributed by atoms with E-state index in [1.54, 1.807) is 21.8 Å². The van der Waals surface area contributed by atoms with Crippen LogP contribution in [-0.2, 0) is 10.0 Å². The monoisotopic (exact) mass is 331 g/mol. The molecule has 2 rings (SSSR count). The first-order chi connectivity index (χ1) is 10.0. The Kier molecular flexibility index (Phi) is 6.01. The lowest BCUT2D eigenvalue weighted by Gasteiger charge is -2.23. The van der Waals surface area contributed by atoms with E-state index < -0.39 is 10.0 Å². The Labute approximate surface area is 132 Å². The molecule has 0 saturated carbocycles. The number of thiazole rings is 1. The van der Waals surface area contributed by atoms with Gasteiger partial charge in [0.2, 0.25) is 10.0 Å². The van der Waals surface area contributed by atoms with Crippen LogP contribution in [0.15, 0.2) is 11.6 Å². The number of sulfonamides is 1. The maximum absolute atomic E-state index is 12.5. The maximum atomic E-state index is 12.5. The molecule has 1 saturated heterocycles. The lowest BCUT2D eigenvalue weighted by molar-refractivity contribution is 0.423. The van der Waals surface area contributed by atoms with Crippen molar-refractivity contribution in [1.29, 1.82) is 0 Å². The molecular formula is C14H25N3O2S2. The first-order valence-electron chi connectivity index (χ1n) is 7.65. The van der Waals surface area contributed by atoms with Crippen LogP contribution >= 0.6 is 11.3 Å². The molecule has 1 fully saturated rings. The third kappa shape index (κ3) is 4.66. The van der Waals surface area contributed by atoms with E-state index in [0.717, 1.165) is 37.5 Å². The highest BCUT2D eigenvalue weighted by Gasteiger charge is 2.27. The molecule has 0 spiro atoms. The van der Waals surface area contributed by atoms with Crippen molar-refractivity contribution in [3.8, 4) is 0 Å². The van der Waals surface area contributed by atoms with E-state index in [2.05, 4.69) is 16.8 Å². The summed E-state index contributed by atoms with van der Waals surface area (Å²) in [5.41, 5.74) is 0. The van der Waals surface area contributed by atoms with Crippen LogP contribution in [-0.4, -0.2) is 49.6 Å². The van der Waals surface area contributed by atoms with Gasteiger partial charge in [-0.15, -0.1) is 11.3 Å². The smallest absolute Gasteiger partial charge is 0.214 e. The minimum Gasteiger partial charge on any atom is -0.347 e. The molecule has 0 N–H and O–H groups in total. The Morgan fingerprint density at radius 1 is 1.33 bits per heavy atom. The number of aromatic nitrogens is 1. The summed E-state index contributed by atoms with van der Waals surface area (Å²) >= 11 is 1.61. The molecule has 1 aromatic rings. The van der Waals surface area contributed by atoms with Gasteiger partial charge in [-0.1, -0.05) is 20.3 Å². The molecule has 0 amide bonds. The van der Waals surface area contributed by atoms with Gasteiger partial charge in [-0.25, -0.2) is 17.7 Å². The fraction of sp³-hybridized carbons (Fsp3) is 0.786. The van der Waals surface area contributed by atoms with Crippen LogP contribution in [0.5, 0.6) is 0 Å². The number of anilines is 1. The van der Waals surface area contributed by atoms with Crippen molar-refractivity contribution in [1.82, 2.24) is 9.29 Å². The van der Waals surface area contributed by atoms with Gasteiger partial charge in [-0.3, -0.25) is 0 Å². The number of hydrogen-bond donors (Lipinski definition) is 0. The summed E-state index contributed by atoms with van der Waals surface area (Å²) in [6.45, 7) is 6.93. The van der Waals surface area contributed by atoms with Crippen molar-refractivity contribution < 1.29 is 8.42 Å². The van der Waals surface area contributed by atoms with E-state index in [4.69, 9.17) is 0 Å². The predicted octanol–water partition coefficient (Wildman–Crippen LogP) is 2.42. The summed E-state index contributed by atoms with van der Waals surface area (Å²) < 4.78 is 26.7. The van der Waals surface area contributed by atoms with E-state index in [0.29, 0.717) is 13.1 Å². The quantitative estimate of drug-likeness (QED) is 0.803. The summed E-state index contributed by atoms with van der Waals surface area (Å²) in [5, 5.41) is 2.95. The molecular weight excluding hydrogens is 306 g/mol. The lowest BCUT2D eigenvalue weighted by atomic mass is 10.1. The molecule has 1 aliphatic heterocycles. The van der Waals surface area contributed by atoms with E-state index in [1.165, 1.54) is 0 Å². The molecule has 21 heavy (non-hydrogen) atoms. The molecule has 0 aliphatic carbocycles. The summed E-state index contributed by atoms with van der Waals surface area (Å²) in [5.74, 6) is 0.510. The molecule has 1 unspecified atom stereocenters. The second-order valence-corrected chi connectivity index (χ2v) is 8.61. The van der Waals surface area contributed by atoms with Crippen LogP contribution in [0.2, 0.25) is 0 Å². The highest BCUT2D eigenvalue weighted by molar-refractivity contribution is 7.89. The van der Waals surface area contributed by atoms with Crippen molar-refractivity contribution >= 4 is 26.5 Å². The fourth-order valence-corrected chi connectivity index (χ4v) is 5.34. The van der Waals surface area contributed by atoms with Crippen LogP contribution in [0.25, 0.3) is 0 Å². The van der Waals surface area contributed by atoms with Crippen LogP contribution < -0.4 is 4.90 Å². The second kappa shape index (κ2) is 7.56. The third-order valence-corrected chi connectivity index (χ3v) is 6.79. The zero-order valence-electron chi connectivity index (χ0n) is 12.9. The summed E-state index contributed by atoms with van der Waals surface area (Å²) in [6.07, 6.45) is 4.67. The molecule has 0 radical (unpaired) electrons. The van der Waals surface area contributed by atoms with Crippen LogP contribution in [0.3, 0.4) is 0 Å². The molecule has 120 valence electrons. The highest BCUT2D eigenvalue weighted by atomic mass is 32.2. The van der Waals surface area contributed by atoms with E-state index in [9.17, 15) is 8.42 Å². The molecule has 0 aromatic carbocycles. The Morgan fingerprint density at radius 3 is 2.81 bits per heavy atom. The van der Waals surface area contributed by atoms with Gasteiger partial charge >= 0.3 is 0 Å². The maximum Gasteiger partial charge on any atom is 0.214 e. The third-order valence-electron chi connectivity index (χ3n) is 3.81. The first-order valence-corrected chi connectivity index (χ1v) is 10.1. The van der Waals surface area contributed by atoms with Crippen molar-refractivity contribution in [3.05, 3.63) is 11.6 Å². The van der Waals surface area contributed by atoms with Crippen molar-refractivity contribution in [2.45, 2.75) is 33.1 Å². The van der Waals surface area contributed by atoms with Gasteiger partial charge in [0.15, 0.2) is 5.13 Å². The van der Waals surface area contributed by atoms with Gasteiger partial charge in [-0.2, -0.15) is 0 Å². The average molecular weight is 332 g/mol. The number of rotatable bonds is 6. The summed E-state index contributed by atoms with van der Waals surface area (Å²) in [7, 11) is -3.13. The Morgan fingerprint density at radius 2 is 2.14 bits per heavy atom. The zero-order valence-corrected chi connectivity index (χ0v) is 14.5. The van der Waals surface area contributed by atoms with E-state index in [-0.39, 0.29) is 11.7 Å². The zero-order chi connectivity index (χ0) is 15.3. The molecule has 5 nitrogen and oxygen atoms in total. The second-order valence-electron chi connectivity index (χ2n) is 5.73. The van der Waals surface area contributed by atoms with Crippen LogP contribution in [0, 0.1) is 5.92 Å². The average Bonchev–Trinajstić information content (AvgIpc) is 2.82. The number of nitrogens with zero attached hydrogens (tertiary/aromatic N) is 3. The van der Waals surface area contributed by atoms with Gasteiger partial charge in [0.05, 0.1) is 5.75 Å². The summed E-state index contributed by atoms with van der Waals surface area (Å²) in [6, 6.07) is 0. The van der Waals surface area contributed by atoms with Crippen molar-refractivity contribution in [2.75, 3.05) is 36.8 Å². The van der Waals surface area contributed by atoms with Gasteiger partial charge in [0.25, 0.3) is 0 Å². The normalized spacial score (nSPS) is 19.4. The predicted molar refractivity (Wildman–Crippen MR) is 88.4 cm³/mol. The summed E-state index contributed by atoms with van der Waals surface area (Å²) in [4.78, 5) is 6.51. The van der Waals surface area contributed by atoms with Crippen molar-refractivity contribution in [3.63, 3.8) is 0 Å². The largest absolute Gasteiger partial charge is 0.347 e. The number of hydrogen-bond acceptors (Lipinski definition) is 5. The van der Waals surface area contributed by atoms with Gasteiger partial charge in [0, 0.05) is 37.8 Å². The Hall–Kier alpha value is -0.660. The van der Waals surface area contributed by atoms with E-state index in [1.807, 2.05) is 12.3 Å². The molecule has 2 heterocycles. The molecule has 1 aliphatic rings. The lowest BCUT2D eigenvalue weighted by Crippen LogP contribution is -2.38. The minimum absolute atomic E-state index is 0.235. The van der Waals surface area contributed by atoms with Crippen molar-refractivity contribution in [2.24, 2.45) is 5.92 Å². The van der Waals surface area contributed by atoms with Crippen LogP contribution in [0.4, 0.5) is 5.13 Å². The highest BCUT2D eigenvalue weighted by Crippen LogP contribution is 2.20. The molecule has 7 heteroatoms. The topological polar surface area (TPSA) is 53.5 Å². The van der Waals surface area contributed by atoms with Gasteiger partial charge in [0.1, 0.15) is 0 Å². The molecule has 1 aromatic heterocycles. The van der Waals surface area contributed by atoms with Gasteiger partial charge < -0.3 is 4.90 Å². The standard InChI is InChI=1S/C14H25N3O2S2/c1-3-5-13(2)12-21(18,19)17-8-4-7-16(9-10-17)14-15-6-11-20-14/h6,11,13H,3-5,7-10,12H2,1-2H3. The van der Waals surface area contributed by atoms with Crippen LogP contribution in [0.1, 0.15) is 33.1 Å².